The number of benzene rings is 2. The van der Waals surface area contributed by atoms with Crippen LogP contribution >= 0.6 is 11.5 Å². The van der Waals surface area contributed by atoms with Crippen LogP contribution in [0.3, 0.4) is 0 Å². The van der Waals surface area contributed by atoms with Crippen LogP contribution in [0.1, 0.15) is 10.4 Å². The van der Waals surface area contributed by atoms with Crippen LogP contribution < -0.4 is 10.3 Å². The van der Waals surface area contributed by atoms with Crippen LogP contribution in [-0.2, 0) is 0 Å². The molecule has 0 amide bonds. The van der Waals surface area contributed by atoms with Crippen molar-refractivity contribution in [3.05, 3.63) is 58.4 Å². The molecule has 5 nitrogen and oxygen atoms in total. The zero-order chi connectivity index (χ0) is 15.0. The second kappa shape index (κ2) is 5.06. The van der Waals surface area contributed by atoms with Gasteiger partial charge in [-0.05, 0) is 24.3 Å². The molecule has 0 aliphatic heterocycles. The molecule has 0 saturated heterocycles. The maximum atomic E-state index is 12.4. The van der Waals surface area contributed by atoms with E-state index >= 15 is 0 Å². The summed E-state index contributed by atoms with van der Waals surface area (Å²) in [5.74, 6) is -0.587. The average molecular weight is 301 g/mol. The molecular weight excluding hydrogens is 290 g/mol. The number of rotatable bonds is 3. The predicted octanol–water partition coefficient (Wildman–Crippen LogP) is 2.76. The molecule has 1 aromatic heterocycles. The molecule has 2 aromatic carbocycles. The van der Waals surface area contributed by atoms with Gasteiger partial charge >= 0.3 is 5.97 Å². The Morgan fingerprint density at radius 3 is 2.67 bits per heavy atom. The topological polar surface area (TPSA) is 68.5 Å². The van der Waals surface area contributed by atoms with Crippen LogP contribution in [0, 0.1) is 0 Å². The molecule has 106 valence electrons. The molecule has 0 bridgehead atoms. The van der Waals surface area contributed by atoms with E-state index in [1.54, 1.807) is 24.3 Å². The van der Waals surface area contributed by atoms with Crippen LogP contribution in [-0.4, -0.2) is 22.1 Å². The van der Waals surface area contributed by atoms with Crippen molar-refractivity contribution in [2.45, 2.75) is 0 Å². The minimum absolute atomic E-state index is 0.0597. The van der Waals surface area contributed by atoms with E-state index in [0.29, 0.717) is 16.8 Å². The first-order valence-electron chi connectivity index (χ1n) is 6.14. The number of carboxylic acid groups (broad SMARTS) is 1. The van der Waals surface area contributed by atoms with Gasteiger partial charge in [-0.25, -0.2) is 8.75 Å². The lowest BCUT2D eigenvalue weighted by Gasteiger charge is -2.08. The van der Waals surface area contributed by atoms with Crippen LogP contribution in [0.15, 0.2) is 47.3 Å². The van der Waals surface area contributed by atoms with Crippen molar-refractivity contribution in [1.29, 1.82) is 0 Å². The molecule has 0 fully saturated rings. The largest absolute Gasteiger partial charge is 0.497 e. The summed E-state index contributed by atoms with van der Waals surface area (Å²) in [5, 5.41) is 9.88. The SMILES string of the molecule is COc1ccc(C(=O)O)c(-n2sc3ccccc3c2=O)c1. The molecule has 3 aromatic rings. The van der Waals surface area contributed by atoms with Crippen LogP contribution in [0.2, 0.25) is 0 Å². The highest BCUT2D eigenvalue weighted by Crippen LogP contribution is 2.25. The maximum absolute atomic E-state index is 12.4. The van der Waals surface area contributed by atoms with E-state index < -0.39 is 5.97 Å². The monoisotopic (exact) mass is 301 g/mol. The number of hydrogen-bond donors (Lipinski definition) is 1. The molecule has 21 heavy (non-hydrogen) atoms. The van der Waals surface area contributed by atoms with Crippen molar-refractivity contribution < 1.29 is 14.6 Å². The molecule has 3 rings (SSSR count). The lowest BCUT2D eigenvalue weighted by atomic mass is 10.1. The standard InChI is InChI=1S/C15H11NO4S/c1-20-9-6-7-10(15(18)19)12(8-9)16-14(17)11-4-2-3-5-13(11)21-16/h2-8H,1H3,(H,18,19). The predicted molar refractivity (Wildman–Crippen MR) is 80.9 cm³/mol. The maximum Gasteiger partial charge on any atom is 0.337 e. The molecule has 0 aliphatic carbocycles. The fourth-order valence-electron chi connectivity index (χ4n) is 2.12. The number of fused-ring (bicyclic) bond motifs is 1. The Balaban J connectivity index is 2.33. The Morgan fingerprint density at radius 1 is 1.24 bits per heavy atom. The second-order valence-corrected chi connectivity index (χ2v) is 5.36. The highest BCUT2D eigenvalue weighted by Gasteiger charge is 2.17. The van der Waals surface area contributed by atoms with Gasteiger partial charge in [0, 0.05) is 6.07 Å². The average Bonchev–Trinajstić information content (AvgIpc) is 2.84. The first-order chi connectivity index (χ1) is 10.1. The van der Waals surface area contributed by atoms with Crippen molar-refractivity contribution in [3.63, 3.8) is 0 Å². The zero-order valence-electron chi connectivity index (χ0n) is 11.1. The van der Waals surface area contributed by atoms with E-state index in [2.05, 4.69) is 0 Å². The van der Waals surface area contributed by atoms with Gasteiger partial charge in [0.2, 0.25) is 0 Å². The van der Waals surface area contributed by atoms with E-state index in [0.717, 1.165) is 4.70 Å². The van der Waals surface area contributed by atoms with Crippen molar-refractivity contribution in [2.24, 2.45) is 0 Å². The van der Waals surface area contributed by atoms with E-state index in [-0.39, 0.29) is 11.1 Å². The third-order valence-electron chi connectivity index (χ3n) is 3.15. The van der Waals surface area contributed by atoms with Gasteiger partial charge in [0.05, 0.1) is 28.4 Å². The number of hydrogen-bond acceptors (Lipinski definition) is 4. The Morgan fingerprint density at radius 2 is 2.00 bits per heavy atom. The summed E-state index contributed by atoms with van der Waals surface area (Å²) in [5.41, 5.74) is 0.142. The normalized spacial score (nSPS) is 10.7. The molecule has 1 heterocycles. The van der Waals surface area contributed by atoms with Crippen molar-refractivity contribution in [1.82, 2.24) is 3.96 Å². The summed E-state index contributed by atoms with van der Waals surface area (Å²) < 4.78 is 7.31. The van der Waals surface area contributed by atoms with Crippen LogP contribution in [0.4, 0.5) is 0 Å². The van der Waals surface area contributed by atoms with Gasteiger partial charge < -0.3 is 9.84 Å². The lowest BCUT2D eigenvalue weighted by molar-refractivity contribution is 0.0697. The van der Waals surface area contributed by atoms with E-state index in [1.165, 1.54) is 28.7 Å². The highest BCUT2D eigenvalue weighted by atomic mass is 32.1. The Labute approximate surface area is 123 Å². The fraction of sp³-hybridized carbons (Fsp3) is 0.0667. The molecule has 0 spiro atoms. The first-order valence-corrected chi connectivity index (χ1v) is 6.92. The van der Waals surface area contributed by atoms with Crippen molar-refractivity contribution in [3.8, 4) is 11.4 Å². The number of aromatic nitrogens is 1. The van der Waals surface area contributed by atoms with Gasteiger partial charge in [-0.15, -0.1) is 0 Å². The molecule has 1 N–H and O–H groups in total. The number of ether oxygens (including phenoxy) is 1. The molecule has 0 unspecified atom stereocenters. The molecule has 0 saturated carbocycles. The molecule has 0 atom stereocenters. The van der Waals surface area contributed by atoms with Gasteiger partial charge in [-0.1, -0.05) is 23.7 Å². The number of carboxylic acids is 1. The highest BCUT2D eigenvalue weighted by molar-refractivity contribution is 7.14. The second-order valence-electron chi connectivity index (χ2n) is 4.38. The van der Waals surface area contributed by atoms with Gasteiger partial charge in [0.25, 0.3) is 5.56 Å². The zero-order valence-corrected chi connectivity index (χ0v) is 11.9. The minimum atomic E-state index is -1.09. The van der Waals surface area contributed by atoms with E-state index in [9.17, 15) is 14.7 Å². The third-order valence-corrected chi connectivity index (χ3v) is 4.24. The van der Waals surface area contributed by atoms with Crippen molar-refractivity contribution >= 4 is 27.6 Å². The lowest BCUT2D eigenvalue weighted by Crippen LogP contribution is -2.14. The minimum Gasteiger partial charge on any atom is -0.497 e. The first kappa shape index (κ1) is 13.4. The Kier molecular flexibility index (Phi) is 3.23. The smallest absolute Gasteiger partial charge is 0.337 e. The molecule has 0 aliphatic rings. The molecule has 0 radical (unpaired) electrons. The van der Waals surface area contributed by atoms with E-state index in [1.807, 2.05) is 12.1 Å². The summed E-state index contributed by atoms with van der Waals surface area (Å²) in [6.45, 7) is 0. The number of aromatic carboxylic acids is 1. The third kappa shape index (κ3) is 2.19. The van der Waals surface area contributed by atoms with Gasteiger partial charge in [-0.3, -0.25) is 4.79 Å². The van der Waals surface area contributed by atoms with Gasteiger partial charge in [0.15, 0.2) is 0 Å². The quantitative estimate of drug-likeness (QED) is 0.807. The van der Waals surface area contributed by atoms with Crippen molar-refractivity contribution in [2.75, 3.05) is 7.11 Å². The summed E-state index contributed by atoms with van der Waals surface area (Å²) in [7, 11) is 1.49. The van der Waals surface area contributed by atoms with Gasteiger partial charge in [0.1, 0.15) is 5.75 Å². The Bertz CT molecular complexity index is 894. The summed E-state index contributed by atoms with van der Waals surface area (Å²) in [4.78, 5) is 23.8. The van der Waals surface area contributed by atoms with E-state index in [4.69, 9.17) is 4.74 Å². The summed E-state index contributed by atoms with van der Waals surface area (Å²) in [6.07, 6.45) is 0. The summed E-state index contributed by atoms with van der Waals surface area (Å²) >= 11 is 1.21. The van der Waals surface area contributed by atoms with Crippen LogP contribution in [0.5, 0.6) is 5.75 Å². The summed E-state index contributed by atoms with van der Waals surface area (Å²) in [6, 6.07) is 11.7. The number of carbonyl (C=O) groups is 1. The molecule has 6 heteroatoms. The fourth-order valence-corrected chi connectivity index (χ4v) is 3.14. The Hall–Kier alpha value is -2.60. The van der Waals surface area contributed by atoms with Crippen LogP contribution in [0.25, 0.3) is 15.8 Å². The number of nitrogens with zero attached hydrogens (tertiary/aromatic N) is 1. The van der Waals surface area contributed by atoms with Gasteiger partial charge in [-0.2, -0.15) is 0 Å². The number of methoxy groups -OCH3 is 1. The molecular formula is C15H11NO4S.